The summed E-state index contributed by atoms with van der Waals surface area (Å²) >= 11 is 0. The molecule has 0 saturated heterocycles. The number of carbonyl (C=O) groups is 1. The van der Waals surface area contributed by atoms with Crippen molar-refractivity contribution in [1.82, 2.24) is 5.32 Å². The zero-order chi connectivity index (χ0) is 23.2. The van der Waals surface area contributed by atoms with Gasteiger partial charge in [-0.15, -0.1) is 0 Å². The summed E-state index contributed by atoms with van der Waals surface area (Å²) in [6.45, 7) is 2.00. The average molecular weight is 473 g/mol. The maximum absolute atomic E-state index is 12.7. The summed E-state index contributed by atoms with van der Waals surface area (Å²) in [5.41, 5.74) is 1.51. The molecule has 3 aromatic carbocycles. The highest BCUT2D eigenvalue weighted by Crippen LogP contribution is 2.18. The number of hydrogen-bond donors (Lipinski definition) is 2. The number of benzene rings is 3. The molecule has 3 aromatic rings. The highest BCUT2D eigenvalue weighted by molar-refractivity contribution is 7.92. The molecule has 0 fully saturated rings. The van der Waals surface area contributed by atoms with E-state index in [0.29, 0.717) is 5.69 Å². The third-order valence-electron chi connectivity index (χ3n) is 4.65. The standard InChI is InChI=1S/C23H24N2O5S2/c1-18-8-5-10-20(16-18)25-32(29,30)22-13-6-9-19(17-22)23(26)24-14-7-15-31(27,28)21-11-3-2-4-12-21/h2-6,8-13,16-17,25H,7,14-15H2,1H3,(H,24,26). The minimum absolute atomic E-state index is 0.0432. The van der Waals surface area contributed by atoms with Gasteiger partial charge in [-0.2, -0.15) is 0 Å². The van der Waals surface area contributed by atoms with E-state index < -0.39 is 25.8 Å². The second-order valence-electron chi connectivity index (χ2n) is 7.24. The van der Waals surface area contributed by atoms with E-state index in [1.165, 1.54) is 36.4 Å². The summed E-state index contributed by atoms with van der Waals surface area (Å²) < 4.78 is 52.4. The van der Waals surface area contributed by atoms with Crippen LogP contribution in [0.25, 0.3) is 0 Å². The highest BCUT2D eigenvalue weighted by atomic mass is 32.2. The van der Waals surface area contributed by atoms with Crippen LogP contribution in [0.3, 0.4) is 0 Å². The van der Waals surface area contributed by atoms with E-state index in [-0.39, 0.29) is 34.1 Å². The molecule has 32 heavy (non-hydrogen) atoms. The van der Waals surface area contributed by atoms with Gasteiger partial charge in [0.1, 0.15) is 0 Å². The lowest BCUT2D eigenvalue weighted by Gasteiger charge is -2.10. The van der Waals surface area contributed by atoms with Crippen molar-refractivity contribution < 1.29 is 21.6 Å². The molecule has 0 aliphatic carbocycles. The molecule has 0 unspecified atom stereocenters. The molecule has 0 atom stereocenters. The van der Waals surface area contributed by atoms with E-state index in [2.05, 4.69) is 10.0 Å². The summed E-state index contributed by atoms with van der Waals surface area (Å²) in [6, 6.07) is 20.7. The van der Waals surface area contributed by atoms with Crippen LogP contribution in [0.15, 0.2) is 88.7 Å². The zero-order valence-corrected chi connectivity index (χ0v) is 19.1. The van der Waals surface area contributed by atoms with Crippen molar-refractivity contribution in [2.24, 2.45) is 0 Å². The Balaban J connectivity index is 1.60. The fourth-order valence-corrected chi connectivity index (χ4v) is 5.47. The van der Waals surface area contributed by atoms with Gasteiger partial charge in [-0.1, -0.05) is 36.4 Å². The molecule has 168 valence electrons. The van der Waals surface area contributed by atoms with Crippen LogP contribution < -0.4 is 10.0 Å². The second-order valence-corrected chi connectivity index (χ2v) is 11.0. The molecule has 0 spiro atoms. The number of sulfone groups is 1. The maximum atomic E-state index is 12.7. The van der Waals surface area contributed by atoms with Gasteiger partial charge in [-0.25, -0.2) is 16.8 Å². The number of sulfonamides is 1. The molecule has 1 amide bonds. The number of nitrogens with one attached hydrogen (secondary N) is 2. The summed E-state index contributed by atoms with van der Waals surface area (Å²) in [5, 5.41) is 2.64. The van der Waals surface area contributed by atoms with Gasteiger partial charge in [-0.3, -0.25) is 9.52 Å². The Hall–Kier alpha value is -3.17. The van der Waals surface area contributed by atoms with Crippen LogP contribution in [0.2, 0.25) is 0 Å². The number of rotatable bonds is 9. The van der Waals surface area contributed by atoms with Crippen molar-refractivity contribution in [2.45, 2.75) is 23.1 Å². The Kier molecular flexibility index (Phi) is 7.32. The first kappa shape index (κ1) is 23.5. The summed E-state index contributed by atoms with van der Waals surface area (Å²) in [5.74, 6) is -0.582. The zero-order valence-electron chi connectivity index (χ0n) is 17.5. The van der Waals surface area contributed by atoms with Crippen molar-refractivity contribution in [1.29, 1.82) is 0 Å². The third-order valence-corrected chi connectivity index (χ3v) is 7.85. The van der Waals surface area contributed by atoms with Crippen molar-refractivity contribution in [2.75, 3.05) is 17.0 Å². The van der Waals surface area contributed by atoms with Crippen molar-refractivity contribution in [3.8, 4) is 0 Å². The molecule has 0 saturated carbocycles. The summed E-state index contributed by atoms with van der Waals surface area (Å²) in [7, 11) is -7.29. The van der Waals surface area contributed by atoms with Gasteiger partial charge in [0.15, 0.2) is 9.84 Å². The number of anilines is 1. The normalized spacial score (nSPS) is 11.7. The minimum Gasteiger partial charge on any atom is -0.352 e. The fraction of sp³-hybridized carbons (Fsp3) is 0.174. The van der Waals surface area contributed by atoms with Gasteiger partial charge in [-0.05, 0) is 61.4 Å². The van der Waals surface area contributed by atoms with Crippen molar-refractivity contribution >= 4 is 31.5 Å². The molecule has 7 nitrogen and oxygen atoms in total. The summed E-state index contributed by atoms with van der Waals surface area (Å²) in [4.78, 5) is 12.6. The largest absolute Gasteiger partial charge is 0.352 e. The van der Waals surface area contributed by atoms with Crippen LogP contribution >= 0.6 is 0 Å². The SMILES string of the molecule is Cc1cccc(NS(=O)(=O)c2cccc(C(=O)NCCCS(=O)(=O)c3ccccc3)c2)c1. The molecular weight excluding hydrogens is 448 g/mol. The molecule has 2 N–H and O–H groups in total. The highest BCUT2D eigenvalue weighted by Gasteiger charge is 2.17. The molecule has 3 rings (SSSR count). The smallest absolute Gasteiger partial charge is 0.261 e. The molecule has 9 heteroatoms. The topological polar surface area (TPSA) is 109 Å². The van der Waals surface area contributed by atoms with E-state index in [4.69, 9.17) is 0 Å². The van der Waals surface area contributed by atoms with Crippen LogP contribution in [0.1, 0.15) is 22.3 Å². The summed E-state index contributed by atoms with van der Waals surface area (Å²) in [6.07, 6.45) is 0.232. The van der Waals surface area contributed by atoms with Gasteiger partial charge in [0.25, 0.3) is 15.9 Å². The minimum atomic E-state index is -3.87. The van der Waals surface area contributed by atoms with Gasteiger partial charge in [0.05, 0.1) is 15.5 Å². The second kappa shape index (κ2) is 9.97. The number of amides is 1. The lowest BCUT2D eigenvalue weighted by Crippen LogP contribution is -2.26. The lowest BCUT2D eigenvalue weighted by atomic mass is 10.2. The molecule has 0 aliphatic rings. The third kappa shape index (κ3) is 6.18. The van der Waals surface area contributed by atoms with Gasteiger partial charge in [0, 0.05) is 17.8 Å². The predicted octanol–water partition coefficient (Wildman–Crippen LogP) is 3.39. The Morgan fingerprint density at radius 2 is 1.50 bits per heavy atom. The van der Waals surface area contributed by atoms with E-state index in [1.807, 2.05) is 13.0 Å². The van der Waals surface area contributed by atoms with E-state index in [9.17, 15) is 21.6 Å². The van der Waals surface area contributed by atoms with Crippen LogP contribution in [0.4, 0.5) is 5.69 Å². The molecular formula is C23H24N2O5S2. The van der Waals surface area contributed by atoms with Gasteiger partial charge < -0.3 is 5.32 Å². The Morgan fingerprint density at radius 3 is 2.22 bits per heavy atom. The Bertz CT molecular complexity index is 1300. The lowest BCUT2D eigenvalue weighted by molar-refractivity contribution is 0.0953. The van der Waals surface area contributed by atoms with Crippen LogP contribution in [-0.4, -0.2) is 35.0 Å². The monoisotopic (exact) mass is 472 g/mol. The van der Waals surface area contributed by atoms with Crippen LogP contribution in [-0.2, 0) is 19.9 Å². The predicted molar refractivity (Wildman–Crippen MR) is 124 cm³/mol. The number of aryl methyl sites for hydroxylation is 1. The van der Waals surface area contributed by atoms with Gasteiger partial charge in [0.2, 0.25) is 0 Å². The Morgan fingerprint density at radius 1 is 0.812 bits per heavy atom. The molecule has 0 aromatic heterocycles. The average Bonchev–Trinajstić information content (AvgIpc) is 2.77. The number of carbonyl (C=O) groups excluding carboxylic acids is 1. The number of hydrogen-bond acceptors (Lipinski definition) is 5. The maximum Gasteiger partial charge on any atom is 0.261 e. The molecule has 0 aliphatic heterocycles. The Labute approximate surface area is 188 Å². The first-order valence-electron chi connectivity index (χ1n) is 9.93. The van der Waals surface area contributed by atoms with E-state index >= 15 is 0 Å². The van der Waals surface area contributed by atoms with Gasteiger partial charge >= 0.3 is 0 Å². The molecule has 0 radical (unpaired) electrons. The van der Waals surface area contributed by atoms with Crippen LogP contribution in [0.5, 0.6) is 0 Å². The first-order chi connectivity index (χ1) is 15.2. The van der Waals surface area contributed by atoms with Crippen molar-refractivity contribution in [3.05, 3.63) is 90.0 Å². The van der Waals surface area contributed by atoms with E-state index in [0.717, 1.165) is 5.56 Å². The van der Waals surface area contributed by atoms with E-state index in [1.54, 1.807) is 36.4 Å². The van der Waals surface area contributed by atoms with Crippen molar-refractivity contribution in [3.63, 3.8) is 0 Å². The fourth-order valence-electron chi connectivity index (χ4n) is 3.04. The molecule has 0 heterocycles. The first-order valence-corrected chi connectivity index (χ1v) is 13.1. The molecule has 0 bridgehead atoms. The quantitative estimate of drug-likeness (QED) is 0.464. The van der Waals surface area contributed by atoms with Crippen LogP contribution in [0, 0.1) is 6.92 Å².